The van der Waals surface area contributed by atoms with Crippen LogP contribution >= 0.6 is 11.6 Å². The van der Waals surface area contributed by atoms with Gasteiger partial charge in [0.1, 0.15) is 10.8 Å². The zero-order valence-electron chi connectivity index (χ0n) is 18.2. The molecule has 2 heterocycles. The first-order chi connectivity index (χ1) is 16.1. The van der Waals surface area contributed by atoms with Crippen LogP contribution < -0.4 is 15.8 Å². The molecule has 8 heteroatoms. The Morgan fingerprint density at radius 2 is 1.79 bits per heavy atom. The fourth-order valence-electron chi connectivity index (χ4n) is 4.22. The van der Waals surface area contributed by atoms with Gasteiger partial charge in [-0.05, 0) is 80.1 Å². The largest absolute Gasteiger partial charge is 0.382 e. The second-order valence-electron chi connectivity index (χ2n) is 8.65. The molecule has 0 radical (unpaired) electrons. The molecule has 172 valence electrons. The summed E-state index contributed by atoms with van der Waals surface area (Å²) in [6.45, 7) is 2.23. The van der Waals surface area contributed by atoms with E-state index in [-0.39, 0.29) is 16.4 Å². The van der Waals surface area contributed by atoms with Crippen molar-refractivity contribution in [3.8, 4) is 5.69 Å². The quantitative estimate of drug-likeness (QED) is 0.518. The Morgan fingerprint density at radius 1 is 1.09 bits per heavy atom. The molecule has 1 N–H and O–H groups in total. The molecule has 33 heavy (non-hydrogen) atoms. The van der Waals surface area contributed by atoms with Crippen LogP contribution in [0.25, 0.3) is 5.69 Å². The summed E-state index contributed by atoms with van der Waals surface area (Å²) >= 11 is 6.38. The van der Waals surface area contributed by atoms with E-state index in [9.17, 15) is 9.18 Å². The zero-order valence-corrected chi connectivity index (χ0v) is 19.0. The summed E-state index contributed by atoms with van der Waals surface area (Å²) in [5.41, 5.74) is 2.74. The van der Waals surface area contributed by atoms with Crippen molar-refractivity contribution in [1.82, 2.24) is 9.78 Å². The van der Waals surface area contributed by atoms with Crippen molar-refractivity contribution in [1.29, 1.82) is 0 Å². The van der Waals surface area contributed by atoms with Crippen LogP contribution in [-0.2, 0) is 4.74 Å². The summed E-state index contributed by atoms with van der Waals surface area (Å²) < 4.78 is 20.2. The molecule has 0 spiro atoms. The van der Waals surface area contributed by atoms with Gasteiger partial charge < -0.3 is 15.0 Å². The van der Waals surface area contributed by atoms with Crippen LogP contribution in [0.5, 0.6) is 0 Å². The van der Waals surface area contributed by atoms with Crippen molar-refractivity contribution in [2.24, 2.45) is 5.92 Å². The highest BCUT2D eigenvalue weighted by Crippen LogP contribution is 2.38. The van der Waals surface area contributed by atoms with Crippen LogP contribution in [0, 0.1) is 11.7 Å². The average molecular weight is 469 g/mol. The predicted octanol–water partition coefficient (Wildman–Crippen LogP) is 5.16. The summed E-state index contributed by atoms with van der Waals surface area (Å²) in [5, 5.41) is 7.70. The molecule has 0 unspecified atom stereocenters. The van der Waals surface area contributed by atoms with Gasteiger partial charge in [0, 0.05) is 30.6 Å². The van der Waals surface area contributed by atoms with Gasteiger partial charge in [-0.15, -0.1) is 0 Å². The molecule has 0 amide bonds. The number of nitrogens with zero attached hydrogens (tertiary/aromatic N) is 3. The Kier molecular flexibility index (Phi) is 6.33. The molecule has 2 aliphatic rings. The molecule has 1 saturated carbocycles. The standard InChI is InChI=1S/C25H26ClFN4O2/c26-24-23(28-14-17-2-1-13-33-16-17)15-29-31(25(24)32)22-11-9-21(10-12-22)30(20-7-8-20)19-5-3-18(27)4-6-19/h3-6,9-12,15,17,20,28H,1-2,7-8,13-14,16H2/t17-/m0/s1. The highest BCUT2D eigenvalue weighted by Gasteiger charge is 2.30. The number of benzene rings is 2. The van der Waals surface area contributed by atoms with Gasteiger partial charge in [0.05, 0.1) is 24.2 Å². The molecule has 3 aromatic rings. The van der Waals surface area contributed by atoms with Gasteiger partial charge in [-0.2, -0.15) is 9.78 Å². The van der Waals surface area contributed by atoms with Gasteiger partial charge in [-0.1, -0.05) is 11.6 Å². The minimum Gasteiger partial charge on any atom is -0.382 e. The average Bonchev–Trinajstić information content (AvgIpc) is 3.68. The Morgan fingerprint density at radius 3 is 2.42 bits per heavy atom. The van der Waals surface area contributed by atoms with Crippen LogP contribution in [-0.4, -0.2) is 35.6 Å². The highest BCUT2D eigenvalue weighted by atomic mass is 35.5. The van der Waals surface area contributed by atoms with Crippen LogP contribution in [0.4, 0.5) is 21.5 Å². The van der Waals surface area contributed by atoms with Crippen LogP contribution in [0.2, 0.25) is 5.02 Å². The smallest absolute Gasteiger partial charge is 0.292 e. The SMILES string of the molecule is O=c1c(Cl)c(NC[C@@H]2CCCOC2)cnn1-c1ccc(N(c2ccc(F)cc2)C2CC2)cc1. The van der Waals surface area contributed by atoms with Crippen molar-refractivity contribution >= 4 is 28.7 Å². The molecule has 6 nitrogen and oxygen atoms in total. The lowest BCUT2D eigenvalue weighted by Crippen LogP contribution is -2.27. The maximum atomic E-state index is 13.4. The van der Waals surface area contributed by atoms with E-state index in [1.807, 2.05) is 24.3 Å². The predicted molar refractivity (Wildman–Crippen MR) is 128 cm³/mol. The lowest BCUT2D eigenvalue weighted by atomic mass is 10.0. The van der Waals surface area contributed by atoms with Crippen LogP contribution in [0.3, 0.4) is 0 Å². The van der Waals surface area contributed by atoms with Gasteiger partial charge in [0.15, 0.2) is 0 Å². The first-order valence-electron chi connectivity index (χ1n) is 11.3. The Hall–Kier alpha value is -2.90. The lowest BCUT2D eigenvalue weighted by molar-refractivity contribution is 0.0595. The van der Waals surface area contributed by atoms with E-state index in [2.05, 4.69) is 15.3 Å². The van der Waals surface area contributed by atoms with Crippen LogP contribution in [0.15, 0.2) is 59.5 Å². The van der Waals surface area contributed by atoms with Crippen molar-refractivity contribution < 1.29 is 9.13 Å². The summed E-state index contributed by atoms with van der Waals surface area (Å²) in [6.07, 6.45) is 5.93. The second-order valence-corrected chi connectivity index (χ2v) is 9.03. The summed E-state index contributed by atoms with van der Waals surface area (Å²) in [5.74, 6) is 0.150. The Labute approximate surface area is 196 Å². The number of halogens is 2. The molecular weight excluding hydrogens is 443 g/mol. The summed E-state index contributed by atoms with van der Waals surface area (Å²) in [4.78, 5) is 15.1. The minimum atomic E-state index is -0.369. The van der Waals surface area contributed by atoms with Gasteiger partial charge in [-0.25, -0.2) is 4.39 Å². The fourth-order valence-corrected chi connectivity index (χ4v) is 4.42. The zero-order chi connectivity index (χ0) is 22.8. The number of rotatable bonds is 7. The molecule has 1 atom stereocenters. The molecule has 1 aliphatic carbocycles. The van der Waals surface area contributed by atoms with Crippen LogP contribution in [0.1, 0.15) is 25.7 Å². The number of ether oxygens (including phenoxy) is 1. The van der Waals surface area contributed by atoms with Gasteiger partial charge >= 0.3 is 0 Å². The number of aromatic nitrogens is 2. The molecule has 0 bridgehead atoms. The third-order valence-electron chi connectivity index (χ3n) is 6.14. The van der Waals surface area contributed by atoms with Gasteiger partial charge in [0.2, 0.25) is 0 Å². The third kappa shape index (κ3) is 4.89. The van der Waals surface area contributed by atoms with E-state index in [4.69, 9.17) is 16.3 Å². The Bertz CT molecular complexity index is 1160. The molecular formula is C25H26ClFN4O2. The van der Waals surface area contributed by atoms with Crippen molar-refractivity contribution in [2.75, 3.05) is 30.0 Å². The minimum absolute atomic E-state index is 0.122. The molecule has 5 rings (SSSR count). The van der Waals surface area contributed by atoms with Gasteiger partial charge in [-0.3, -0.25) is 4.79 Å². The van der Waals surface area contributed by atoms with Crippen molar-refractivity contribution in [3.05, 3.63) is 75.9 Å². The monoisotopic (exact) mass is 468 g/mol. The van der Waals surface area contributed by atoms with E-state index in [1.54, 1.807) is 18.3 Å². The number of anilines is 3. The molecule has 1 aliphatic heterocycles. The van der Waals surface area contributed by atoms with Crippen molar-refractivity contribution in [3.63, 3.8) is 0 Å². The Balaban J connectivity index is 1.34. The lowest BCUT2D eigenvalue weighted by Gasteiger charge is -2.25. The molecule has 1 aromatic heterocycles. The highest BCUT2D eigenvalue weighted by molar-refractivity contribution is 6.32. The summed E-state index contributed by atoms with van der Waals surface area (Å²) in [6, 6.07) is 14.5. The number of hydrogen-bond donors (Lipinski definition) is 1. The normalized spacial score (nSPS) is 18.2. The van der Waals surface area contributed by atoms with E-state index < -0.39 is 0 Å². The molecule has 2 fully saturated rings. The topological polar surface area (TPSA) is 59.4 Å². The number of nitrogens with one attached hydrogen (secondary N) is 1. The van der Waals surface area contributed by atoms with E-state index in [0.717, 1.165) is 50.3 Å². The van der Waals surface area contributed by atoms with E-state index in [0.29, 0.717) is 29.9 Å². The van der Waals surface area contributed by atoms with Gasteiger partial charge in [0.25, 0.3) is 5.56 Å². The van der Waals surface area contributed by atoms with E-state index in [1.165, 1.54) is 16.8 Å². The first kappa shape index (κ1) is 21.9. The second kappa shape index (κ2) is 9.53. The van der Waals surface area contributed by atoms with E-state index >= 15 is 0 Å². The number of hydrogen-bond acceptors (Lipinski definition) is 5. The fraction of sp³-hybridized carbons (Fsp3) is 0.360. The molecule has 2 aromatic carbocycles. The summed E-state index contributed by atoms with van der Waals surface area (Å²) in [7, 11) is 0. The molecule has 1 saturated heterocycles. The third-order valence-corrected chi connectivity index (χ3v) is 6.51. The first-order valence-corrected chi connectivity index (χ1v) is 11.7. The maximum absolute atomic E-state index is 13.4. The van der Waals surface area contributed by atoms with Crippen molar-refractivity contribution in [2.45, 2.75) is 31.7 Å². The maximum Gasteiger partial charge on any atom is 0.292 e.